The summed E-state index contributed by atoms with van der Waals surface area (Å²) in [7, 11) is -1.07. The van der Waals surface area contributed by atoms with Gasteiger partial charge in [-0.1, -0.05) is 77.3 Å². The molecular weight excluding hydrogens is 1660 g/mol. The van der Waals surface area contributed by atoms with Gasteiger partial charge in [0.25, 0.3) is 40.1 Å². The standard InChI is InChI=1S/C21H21ClF3N3O2S.C21H23F3N4O2S.C20H21ClFN3O2S.C20H22ClN3O2S/c1-13-20(18(22)12-27(13)3)31(29,30)28-11-17(14-6-8-26(2)9-7-14)16-10-15(21(23,24)25)4-5-19(16)28;1-13-20(14(2)27(4)25-13)31(29,30)28-12-18(15-7-9-26(3)10-8-15)17-11-16(21(22,23)24)5-6-19(17)28;1-13-20(18(21)12-24(13)3)28(26,27)25-11-17(14-6-8-23(2)9-7-14)16-10-15(22)4-5-19(16)25;1-14-20(18(21)13-23(14)3)27(25,26)24-12-17(15-8-10-22(2)11-9-15)16-6-4-5-7-19(16)24/h4-6,10-12H,7-9H2,1-3H3;5-7,11-12H,8-10H2,1-4H3;4-6,10-12H,7-9H2,1-3H3;4-8,12-13H,9-11H2,1-3H3. The van der Waals surface area contributed by atoms with E-state index < -0.39 is 69.4 Å². The molecule has 35 heteroatoms. The maximum Gasteiger partial charge on any atom is 0.416 e. The lowest BCUT2D eigenvalue weighted by Crippen LogP contribution is -2.23. The first kappa shape index (κ1) is 85.9. The average Bonchev–Trinajstić information content (AvgIpc) is 1.60. The van der Waals surface area contributed by atoms with Crippen LogP contribution in [0.3, 0.4) is 0 Å². The molecule has 0 bridgehead atoms. The first-order valence-electron chi connectivity index (χ1n) is 37.2. The topological polar surface area (TPSA) is 202 Å². The number of likely N-dealkylation sites (N-methyl/N-ethyl adjacent to an activating group) is 4. The van der Waals surface area contributed by atoms with Gasteiger partial charge in [0.05, 0.1) is 59.6 Å². The van der Waals surface area contributed by atoms with Gasteiger partial charge in [-0.15, -0.1) is 0 Å². The van der Waals surface area contributed by atoms with Crippen LogP contribution in [0.1, 0.15) is 87.5 Å². The summed E-state index contributed by atoms with van der Waals surface area (Å²) in [6.07, 6.45) is 12.9. The Bertz CT molecular complexity index is 6410. The summed E-state index contributed by atoms with van der Waals surface area (Å²) in [6.45, 7) is 14.6. The van der Waals surface area contributed by atoms with Crippen LogP contribution in [0.2, 0.25) is 15.1 Å². The van der Waals surface area contributed by atoms with Crippen LogP contribution in [0.25, 0.3) is 65.9 Å². The average molecular weight is 1750 g/mol. The molecule has 16 rings (SSSR count). The van der Waals surface area contributed by atoms with E-state index in [0.717, 1.165) is 118 Å². The second-order valence-electron chi connectivity index (χ2n) is 30.1. The zero-order valence-electron chi connectivity index (χ0n) is 66.3. The van der Waals surface area contributed by atoms with Crippen LogP contribution in [-0.4, -0.2) is 173 Å². The molecule has 21 nitrogen and oxygen atoms in total. The van der Waals surface area contributed by atoms with Gasteiger partial charge in [0.1, 0.15) is 25.4 Å². The van der Waals surface area contributed by atoms with Crippen LogP contribution in [0.4, 0.5) is 30.7 Å². The third-order valence-electron chi connectivity index (χ3n) is 22.3. The molecule has 0 N–H and O–H groups in total. The zero-order valence-corrected chi connectivity index (χ0v) is 71.9. The van der Waals surface area contributed by atoms with E-state index in [1.54, 1.807) is 101 Å². The maximum absolute atomic E-state index is 14.0. The van der Waals surface area contributed by atoms with E-state index in [9.17, 15) is 64.4 Å². The second kappa shape index (κ2) is 32.3. The number of aromatic nitrogens is 9. The number of rotatable bonds is 12. The van der Waals surface area contributed by atoms with Crippen LogP contribution >= 0.6 is 34.8 Å². The lowest BCUT2D eigenvalue weighted by Gasteiger charge is -2.21. The summed E-state index contributed by atoms with van der Waals surface area (Å²) >= 11 is 18.7. The summed E-state index contributed by atoms with van der Waals surface area (Å²) < 4.78 is 214. The molecule has 8 aromatic heterocycles. The van der Waals surface area contributed by atoms with Crippen molar-refractivity contribution >= 4 is 141 Å². The molecule has 622 valence electrons. The van der Waals surface area contributed by atoms with Gasteiger partial charge in [-0.3, -0.25) is 4.68 Å². The van der Waals surface area contributed by atoms with Gasteiger partial charge < -0.3 is 33.3 Å². The number of alkyl halides is 6. The van der Waals surface area contributed by atoms with E-state index in [1.807, 2.05) is 57.6 Å². The summed E-state index contributed by atoms with van der Waals surface area (Å²) in [5.41, 5.74) is 8.91. The Hall–Kier alpha value is -8.93. The zero-order chi connectivity index (χ0) is 85.0. The highest BCUT2D eigenvalue weighted by Crippen LogP contribution is 2.44. The Morgan fingerprint density at radius 1 is 0.359 bits per heavy atom. The van der Waals surface area contributed by atoms with Crippen molar-refractivity contribution in [2.45, 2.75) is 92.2 Å². The number of para-hydroxylation sites is 1. The van der Waals surface area contributed by atoms with E-state index in [0.29, 0.717) is 81.9 Å². The molecule has 0 atom stereocenters. The third kappa shape index (κ3) is 16.3. The molecule has 4 aliphatic rings. The van der Waals surface area contributed by atoms with Crippen molar-refractivity contribution in [1.29, 1.82) is 0 Å². The molecule has 12 aromatic rings. The van der Waals surface area contributed by atoms with Crippen molar-refractivity contribution in [3.05, 3.63) is 229 Å². The van der Waals surface area contributed by atoms with E-state index in [2.05, 4.69) is 43.9 Å². The quantitative estimate of drug-likeness (QED) is 0.105. The van der Waals surface area contributed by atoms with E-state index in [1.165, 1.54) is 67.1 Å². The fraction of sp³-hybridized carbons (Fsp3) is 0.329. The Morgan fingerprint density at radius 2 is 0.650 bits per heavy atom. The Morgan fingerprint density at radius 3 is 0.932 bits per heavy atom. The molecule has 0 fully saturated rings. The molecule has 12 heterocycles. The molecule has 0 aliphatic carbocycles. The van der Waals surface area contributed by atoms with E-state index in [-0.39, 0.29) is 56.5 Å². The maximum atomic E-state index is 14.0. The Labute approximate surface area is 689 Å². The van der Waals surface area contributed by atoms with Crippen molar-refractivity contribution in [2.75, 3.05) is 80.5 Å². The number of hydrogen-bond donors (Lipinski definition) is 0. The van der Waals surface area contributed by atoms with Crippen molar-refractivity contribution in [2.24, 2.45) is 28.2 Å². The minimum absolute atomic E-state index is 0.0580. The Kier molecular flexibility index (Phi) is 23.7. The van der Waals surface area contributed by atoms with Crippen molar-refractivity contribution in [1.82, 2.24) is 59.0 Å². The highest BCUT2D eigenvalue weighted by molar-refractivity contribution is 7.91. The van der Waals surface area contributed by atoms with Crippen molar-refractivity contribution in [3.63, 3.8) is 0 Å². The van der Waals surface area contributed by atoms with Crippen LogP contribution in [0.15, 0.2) is 166 Å². The molecule has 0 spiro atoms. The first-order valence-corrected chi connectivity index (χ1v) is 44.1. The van der Waals surface area contributed by atoms with E-state index in [4.69, 9.17) is 34.8 Å². The minimum Gasteiger partial charge on any atom is -0.352 e. The number of nitrogens with zero attached hydrogens (tertiary/aromatic N) is 13. The van der Waals surface area contributed by atoms with Gasteiger partial charge in [-0.2, -0.15) is 31.4 Å². The summed E-state index contributed by atoms with van der Waals surface area (Å²) in [5, 5.41) is 6.72. The molecule has 0 saturated heterocycles. The van der Waals surface area contributed by atoms with Crippen LogP contribution < -0.4 is 0 Å². The fourth-order valence-electron chi connectivity index (χ4n) is 15.4. The fourth-order valence-corrected chi connectivity index (χ4v) is 23.9. The highest BCUT2D eigenvalue weighted by atomic mass is 35.5. The predicted molar refractivity (Wildman–Crippen MR) is 447 cm³/mol. The summed E-state index contributed by atoms with van der Waals surface area (Å²) in [5.74, 6) is -0.397. The second-order valence-corrected chi connectivity index (χ2v) is 38.3. The number of aryl methyl sites for hydroxylation is 5. The molecular formula is C82H87Cl3F7N13O8S4. The predicted octanol–water partition coefficient (Wildman–Crippen LogP) is 16.8. The summed E-state index contributed by atoms with van der Waals surface area (Å²) in [4.78, 5) is 8.82. The Balaban J connectivity index is 0.000000136. The molecule has 4 aliphatic heterocycles. The van der Waals surface area contributed by atoms with Gasteiger partial charge >= 0.3 is 12.4 Å². The molecule has 0 unspecified atom stereocenters. The van der Waals surface area contributed by atoms with Crippen LogP contribution in [0, 0.1) is 40.4 Å². The van der Waals surface area contributed by atoms with Crippen molar-refractivity contribution in [3.8, 4) is 0 Å². The summed E-state index contributed by atoms with van der Waals surface area (Å²) in [6, 6.07) is 18.1. The van der Waals surface area contributed by atoms with Gasteiger partial charge in [0.2, 0.25) is 0 Å². The normalized spacial score (nSPS) is 16.1. The highest BCUT2D eigenvalue weighted by Gasteiger charge is 2.38. The van der Waals surface area contributed by atoms with Gasteiger partial charge in [-0.25, -0.2) is 54.0 Å². The lowest BCUT2D eigenvalue weighted by molar-refractivity contribution is -0.138. The lowest BCUT2D eigenvalue weighted by atomic mass is 9.98. The van der Waals surface area contributed by atoms with Crippen LogP contribution in [0.5, 0.6) is 0 Å². The third-order valence-corrected chi connectivity index (χ3v) is 31.0. The van der Waals surface area contributed by atoms with Crippen LogP contribution in [-0.2, 0) is 80.6 Å². The number of halogens is 10. The molecule has 0 saturated carbocycles. The molecule has 0 radical (unpaired) electrons. The molecule has 117 heavy (non-hydrogen) atoms. The van der Waals surface area contributed by atoms with Gasteiger partial charge in [0, 0.05) is 185 Å². The SMILES string of the molecule is Cc1c(S(=O)(=O)n2cc(C3=CCN(C)CC3)c3cc(C(F)(F)F)ccc32)c(Cl)cn1C.Cc1c(S(=O)(=O)n2cc(C3=CCN(C)CC3)c3cc(F)ccc32)c(Cl)cn1C.Cc1c(S(=O)(=O)n2cc(C3=CCN(C)CC3)c3ccccc32)c(Cl)cn1C.Cc1nn(C)c(C)c1S(=O)(=O)n1cc(C2=CCN(C)CC2)c2cc(C(F)(F)F)ccc21. The van der Waals surface area contributed by atoms with Gasteiger partial charge in [-0.05, 0) is 171 Å². The molecule has 0 amide bonds. The first-order chi connectivity index (χ1) is 54.8. The van der Waals surface area contributed by atoms with Gasteiger partial charge in [0.15, 0.2) is 0 Å². The largest absolute Gasteiger partial charge is 0.416 e. The number of benzene rings is 4. The molecule has 4 aromatic carbocycles. The minimum atomic E-state index is -4.53. The van der Waals surface area contributed by atoms with E-state index >= 15 is 0 Å². The van der Waals surface area contributed by atoms with Crippen molar-refractivity contribution < 1.29 is 64.4 Å². The number of hydrogen-bond acceptors (Lipinski definition) is 13. The monoisotopic (exact) mass is 1750 g/mol. The number of fused-ring (bicyclic) bond motifs is 4. The smallest absolute Gasteiger partial charge is 0.352 e.